The Kier molecular flexibility index (Phi) is 3.96. The van der Waals surface area contributed by atoms with Gasteiger partial charge in [0.1, 0.15) is 5.75 Å². The number of aliphatic hydroxyl groups is 1. The van der Waals surface area contributed by atoms with Gasteiger partial charge in [-0.25, -0.2) is 4.79 Å². The maximum Gasteiger partial charge on any atom is 0.378 e. The summed E-state index contributed by atoms with van der Waals surface area (Å²) < 4.78 is 4.82. The van der Waals surface area contributed by atoms with E-state index < -0.39 is 11.7 Å². The van der Waals surface area contributed by atoms with E-state index in [0.29, 0.717) is 11.1 Å². The molecular weight excluding hydrogens is 256 g/mol. The third-order valence-corrected chi connectivity index (χ3v) is 2.60. The van der Waals surface area contributed by atoms with Crippen molar-refractivity contribution in [3.8, 4) is 5.75 Å². The second-order valence-corrected chi connectivity index (χ2v) is 4.06. The van der Waals surface area contributed by atoms with Gasteiger partial charge in [0.15, 0.2) is 11.5 Å². The maximum absolute atomic E-state index is 12.1. The maximum atomic E-state index is 12.1. The minimum Gasteiger partial charge on any atom is -0.502 e. The van der Waals surface area contributed by atoms with E-state index in [9.17, 15) is 9.59 Å². The van der Waals surface area contributed by atoms with Gasteiger partial charge in [0.05, 0.1) is 0 Å². The number of ketones is 1. The summed E-state index contributed by atoms with van der Waals surface area (Å²) in [5, 5.41) is 8.85. The molecule has 0 saturated carbocycles. The standard InChI is InChI=1S/C16H12O4/c1-11(17)16(19)20-14-9-7-13(8-10-14)15(18)12-5-3-2-4-6-12/h2-10,17H,1H2. The summed E-state index contributed by atoms with van der Waals surface area (Å²) in [7, 11) is 0. The fourth-order valence-corrected chi connectivity index (χ4v) is 1.60. The lowest BCUT2D eigenvalue weighted by Crippen LogP contribution is -2.10. The van der Waals surface area contributed by atoms with E-state index in [4.69, 9.17) is 9.84 Å². The van der Waals surface area contributed by atoms with Gasteiger partial charge in [-0.15, -0.1) is 0 Å². The zero-order valence-electron chi connectivity index (χ0n) is 10.6. The Labute approximate surface area is 115 Å². The Morgan fingerprint density at radius 2 is 1.45 bits per heavy atom. The van der Waals surface area contributed by atoms with E-state index in [1.807, 2.05) is 6.07 Å². The summed E-state index contributed by atoms with van der Waals surface area (Å²) in [6, 6.07) is 14.9. The van der Waals surface area contributed by atoms with Gasteiger partial charge < -0.3 is 9.84 Å². The zero-order chi connectivity index (χ0) is 14.5. The lowest BCUT2D eigenvalue weighted by molar-refractivity contribution is -0.132. The van der Waals surface area contributed by atoms with Gasteiger partial charge in [-0.1, -0.05) is 30.3 Å². The fourth-order valence-electron chi connectivity index (χ4n) is 1.60. The molecule has 0 spiro atoms. The fraction of sp³-hybridized carbons (Fsp3) is 0. The van der Waals surface area contributed by atoms with Gasteiger partial charge in [0.2, 0.25) is 0 Å². The molecule has 0 unspecified atom stereocenters. The minimum absolute atomic E-state index is 0.116. The number of rotatable bonds is 4. The summed E-state index contributed by atoms with van der Waals surface area (Å²) in [6.45, 7) is 3.06. The molecule has 2 aromatic carbocycles. The number of carbonyl (C=O) groups is 2. The van der Waals surface area contributed by atoms with E-state index in [1.54, 1.807) is 36.4 Å². The molecule has 4 nitrogen and oxygen atoms in total. The Morgan fingerprint density at radius 3 is 2.00 bits per heavy atom. The lowest BCUT2D eigenvalue weighted by atomic mass is 10.0. The summed E-state index contributed by atoms with van der Waals surface area (Å²) in [5.74, 6) is -1.48. The van der Waals surface area contributed by atoms with Crippen molar-refractivity contribution in [2.75, 3.05) is 0 Å². The van der Waals surface area contributed by atoms with Crippen molar-refractivity contribution >= 4 is 11.8 Å². The number of carbonyl (C=O) groups excluding carboxylic acids is 2. The van der Waals surface area contributed by atoms with Crippen LogP contribution in [0, 0.1) is 0 Å². The third kappa shape index (κ3) is 3.11. The molecule has 0 bridgehead atoms. The number of hydrogen-bond donors (Lipinski definition) is 1. The quantitative estimate of drug-likeness (QED) is 0.304. The number of esters is 1. The molecule has 0 aliphatic heterocycles. The first-order chi connectivity index (χ1) is 9.58. The van der Waals surface area contributed by atoms with Crippen molar-refractivity contribution in [3.05, 3.63) is 78.1 Å². The molecule has 2 rings (SSSR count). The van der Waals surface area contributed by atoms with E-state index in [0.717, 1.165) is 0 Å². The van der Waals surface area contributed by atoms with Crippen molar-refractivity contribution < 1.29 is 19.4 Å². The van der Waals surface area contributed by atoms with Crippen LogP contribution in [-0.2, 0) is 4.79 Å². The molecule has 2 aromatic rings. The average Bonchev–Trinajstić information content (AvgIpc) is 2.48. The minimum atomic E-state index is -0.924. The van der Waals surface area contributed by atoms with E-state index in [2.05, 4.69) is 6.58 Å². The Bertz CT molecular complexity index is 642. The summed E-state index contributed by atoms with van der Waals surface area (Å²) in [4.78, 5) is 23.2. The summed E-state index contributed by atoms with van der Waals surface area (Å²) >= 11 is 0. The van der Waals surface area contributed by atoms with E-state index >= 15 is 0 Å². The normalized spacial score (nSPS) is 9.80. The third-order valence-electron chi connectivity index (χ3n) is 2.60. The van der Waals surface area contributed by atoms with Crippen molar-refractivity contribution in [2.45, 2.75) is 0 Å². The number of aliphatic hydroxyl groups excluding tert-OH is 1. The first-order valence-electron chi connectivity index (χ1n) is 5.88. The average molecular weight is 268 g/mol. The van der Waals surface area contributed by atoms with Gasteiger partial charge in [-0.3, -0.25) is 4.79 Å². The van der Waals surface area contributed by atoms with Crippen LogP contribution in [0.1, 0.15) is 15.9 Å². The first kappa shape index (κ1) is 13.5. The summed E-state index contributed by atoms with van der Waals surface area (Å²) in [6.07, 6.45) is 0. The van der Waals surface area contributed by atoms with Crippen molar-refractivity contribution in [1.29, 1.82) is 0 Å². The van der Waals surface area contributed by atoms with Gasteiger partial charge in [-0.2, -0.15) is 0 Å². The molecule has 100 valence electrons. The highest BCUT2D eigenvalue weighted by Gasteiger charge is 2.10. The van der Waals surface area contributed by atoms with Crippen LogP contribution in [0.2, 0.25) is 0 Å². The number of hydrogen-bond acceptors (Lipinski definition) is 4. The van der Waals surface area contributed by atoms with Crippen molar-refractivity contribution in [1.82, 2.24) is 0 Å². The molecule has 0 aromatic heterocycles. The molecule has 0 saturated heterocycles. The SMILES string of the molecule is C=C(O)C(=O)Oc1ccc(C(=O)c2ccccc2)cc1. The second kappa shape index (κ2) is 5.84. The van der Waals surface area contributed by atoms with Crippen LogP contribution < -0.4 is 4.74 Å². The molecule has 0 atom stereocenters. The molecule has 0 radical (unpaired) electrons. The van der Waals surface area contributed by atoms with Gasteiger partial charge in [-0.05, 0) is 30.8 Å². The molecule has 4 heteroatoms. The molecule has 0 fully saturated rings. The monoisotopic (exact) mass is 268 g/mol. The number of ether oxygens (including phenoxy) is 1. The van der Waals surface area contributed by atoms with Crippen molar-refractivity contribution in [3.63, 3.8) is 0 Å². The van der Waals surface area contributed by atoms with Crippen LogP contribution in [-0.4, -0.2) is 16.9 Å². The van der Waals surface area contributed by atoms with Gasteiger partial charge in [0, 0.05) is 11.1 Å². The smallest absolute Gasteiger partial charge is 0.378 e. The molecule has 1 N–H and O–H groups in total. The highest BCUT2D eigenvalue weighted by molar-refractivity contribution is 6.09. The van der Waals surface area contributed by atoms with Crippen LogP contribution >= 0.6 is 0 Å². The van der Waals surface area contributed by atoms with E-state index in [-0.39, 0.29) is 11.5 Å². The van der Waals surface area contributed by atoms with Gasteiger partial charge in [0.25, 0.3) is 0 Å². The summed E-state index contributed by atoms with van der Waals surface area (Å²) in [5.41, 5.74) is 1.07. The van der Waals surface area contributed by atoms with E-state index in [1.165, 1.54) is 12.1 Å². The molecule has 0 aliphatic rings. The van der Waals surface area contributed by atoms with Crippen LogP contribution in [0.5, 0.6) is 5.75 Å². The topological polar surface area (TPSA) is 63.6 Å². The molecule has 0 aliphatic carbocycles. The van der Waals surface area contributed by atoms with Crippen LogP contribution in [0.4, 0.5) is 0 Å². The van der Waals surface area contributed by atoms with Crippen LogP contribution in [0.3, 0.4) is 0 Å². The first-order valence-corrected chi connectivity index (χ1v) is 5.88. The van der Waals surface area contributed by atoms with Crippen molar-refractivity contribution in [2.24, 2.45) is 0 Å². The molecular formula is C16H12O4. The Balaban J connectivity index is 2.14. The highest BCUT2D eigenvalue weighted by Crippen LogP contribution is 2.16. The second-order valence-electron chi connectivity index (χ2n) is 4.06. The van der Waals surface area contributed by atoms with Crippen LogP contribution in [0.15, 0.2) is 66.9 Å². The lowest BCUT2D eigenvalue weighted by Gasteiger charge is -2.04. The molecule has 0 amide bonds. The number of benzene rings is 2. The Morgan fingerprint density at radius 1 is 0.900 bits per heavy atom. The largest absolute Gasteiger partial charge is 0.502 e. The zero-order valence-corrected chi connectivity index (χ0v) is 10.6. The highest BCUT2D eigenvalue weighted by atomic mass is 16.5. The molecule has 20 heavy (non-hydrogen) atoms. The van der Waals surface area contributed by atoms with Crippen LogP contribution in [0.25, 0.3) is 0 Å². The predicted molar refractivity (Wildman–Crippen MR) is 73.7 cm³/mol. The van der Waals surface area contributed by atoms with Gasteiger partial charge >= 0.3 is 5.97 Å². The Hall–Kier alpha value is -2.88. The molecule has 0 heterocycles. The predicted octanol–water partition coefficient (Wildman–Crippen LogP) is 2.89.